The molecular formula is C14H16BrFN2O3. The van der Waals surface area contributed by atoms with E-state index in [2.05, 4.69) is 21.2 Å². The van der Waals surface area contributed by atoms with Gasteiger partial charge in [0.15, 0.2) is 0 Å². The summed E-state index contributed by atoms with van der Waals surface area (Å²) >= 11 is 3.09. The Hall–Kier alpha value is -1.63. The lowest BCUT2D eigenvalue weighted by atomic mass is 10.1. The minimum atomic E-state index is -0.925. The van der Waals surface area contributed by atoms with Crippen LogP contribution < -0.4 is 5.32 Å². The zero-order valence-corrected chi connectivity index (χ0v) is 13.1. The minimum Gasteiger partial charge on any atom is -0.481 e. The van der Waals surface area contributed by atoms with Gasteiger partial charge in [-0.2, -0.15) is 0 Å². The van der Waals surface area contributed by atoms with E-state index in [0.717, 1.165) is 12.0 Å². The quantitative estimate of drug-likeness (QED) is 0.870. The van der Waals surface area contributed by atoms with Gasteiger partial charge in [0, 0.05) is 18.3 Å². The molecule has 1 heterocycles. The zero-order valence-electron chi connectivity index (χ0n) is 11.5. The lowest BCUT2D eigenvalue weighted by Crippen LogP contribution is -2.39. The summed E-state index contributed by atoms with van der Waals surface area (Å²) in [6.07, 6.45) is 1.38. The molecule has 1 fully saturated rings. The molecule has 1 aliphatic rings. The Balaban J connectivity index is 2.10. The van der Waals surface area contributed by atoms with Gasteiger partial charge in [-0.25, -0.2) is 9.18 Å². The molecule has 5 nitrogen and oxygen atoms in total. The van der Waals surface area contributed by atoms with E-state index in [1.165, 1.54) is 11.0 Å². The zero-order chi connectivity index (χ0) is 15.6. The van der Waals surface area contributed by atoms with Gasteiger partial charge >= 0.3 is 12.0 Å². The normalized spacial score (nSPS) is 17.9. The molecule has 0 saturated carbocycles. The van der Waals surface area contributed by atoms with Crippen LogP contribution in [0.3, 0.4) is 0 Å². The molecule has 1 atom stereocenters. The number of carboxylic acids is 1. The first-order valence-corrected chi connectivity index (χ1v) is 7.43. The molecule has 7 heteroatoms. The number of aliphatic carboxylic acids is 1. The van der Waals surface area contributed by atoms with Crippen LogP contribution in [0.1, 0.15) is 24.8 Å². The lowest BCUT2D eigenvalue weighted by molar-refractivity contribution is -0.137. The molecule has 1 saturated heterocycles. The third-order valence-electron chi connectivity index (χ3n) is 3.56. The Morgan fingerprint density at radius 2 is 2.24 bits per heavy atom. The van der Waals surface area contributed by atoms with Crippen LogP contribution in [0.4, 0.5) is 14.9 Å². The average Bonchev–Trinajstić information content (AvgIpc) is 2.83. The van der Waals surface area contributed by atoms with E-state index in [9.17, 15) is 14.0 Å². The van der Waals surface area contributed by atoms with Gasteiger partial charge in [0.1, 0.15) is 5.82 Å². The topological polar surface area (TPSA) is 69.6 Å². The summed E-state index contributed by atoms with van der Waals surface area (Å²) in [6.45, 7) is 2.28. The molecule has 2 N–H and O–H groups in total. The predicted octanol–water partition coefficient (Wildman–Crippen LogP) is 3.37. The third kappa shape index (κ3) is 3.72. The van der Waals surface area contributed by atoms with Gasteiger partial charge < -0.3 is 15.3 Å². The number of likely N-dealkylation sites (tertiary alicyclic amines) is 1. The number of rotatable bonds is 3. The highest BCUT2D eigenvalue weighted by Crippen LogP contribution is 2.26. The highest BCUT2D eigenvalue weighted by atomic mass is 79.9. The Morgan fingerprint density at radius 3 is 2.90 bits per heavy atom. The van der Waals surface area contributed by atoms with Crippen LogP contribution in [0.15, 0.2) is 16.6 Å². The van der Waals surface area contributed by atoms with Crippen molar-refractivity contribution in [1.29, 1.82) is 0 Å². The van der Waals surface area contributed by atoms with Crippen molar-refractivity contribution < 1.29 is 19.1 Å². The maximum absolute atomic E-state index is 13.5. The van der Waals surface area contributed by atoms with Gasteiger partial charge in [0.2, 0.25) is 0 Å². The Bertz CT molecular complexity index is 580. The number of amides is 2. The van der Waals surface area contributed by atoms with Gasteiger partial charge in [0.05, 0.1) is 10.9 Å². The van der Waals surface area contributed by atoms with E-state index in [-0.39, 0.29) is 18.5 Å². The van der Waals surface area contributed by atoms with Crippen LogP contribution in [0.25, 0.3) is 0 Å². The van der Waals surface area contributed by atoms with E-state index >= 15 is 0 Å². The van der Waals surface area contributed by atoms with Crippen LogP contribution in [-0.2, 0) is 4.79 Å². The van der Waals surface area contributed by atoms with Gasteiger partial charge in [-0.3, -0.25) is 4.79 Å². The first-order valence-electron chi connectivity index (χ1n) is 6.63. The molecule has 2 amide bonds. The molecule has 1 unspecified atom stereocenters. The number of hydrogen-bond donors (Lipinski definition) is 2. The molecule has 114 valence electrons. The van der Waals surface area contributed by atoms with E-state index in [4.69, 9.17) is 5.11 Å². The fraction of sp³-hybridized carbons (Fsp3) is 0.429. The minimum absolute atomic E-state index is 0.0684. The summed E-state index contributed by atoms with van der Waals surface area (Å²) in [7, 11) is 0. The number of carbonyl (C=O) groups excluding carboxylic acids is 1. The predicted molar refractivity (Wildman–Crippen MR) is 79.8 cm³/mol. The molecule has 1 aromatic rings. The number of halogens is 2. The highest BCUT2D eigenvalue weighted by molar-refractivity contribution is 9.10. The Kier molecular flexibility index (Phi) is 4.82. The third-order valence-corrected chi connectivity index (χ3v) is 4.16. The molecule has 0 aliphatic carbocycles. The van der Waals surface area contributed by atoms with Crippen molar-refractivity contribution in [2.75, 3.05) is 11.9 Å². The monoisotopic (exact) mass is 358 g/mol. The number of aryl methyl sites for hydroxylation is 1. The smallest absolute Gasteiger partial charge is 0.322 e. The van der Waals surface area contributed by atoms with Gasteiger partial charge in [0.25, 0.3) is 0 Å². The number of benzene rings is 1. The van der Waals surface area contributed by atoms with Crippen molar-refractivity contribution in [1.82, 2.24) is 4.90 Å². The van der Waals surface area contributed by atoms with Crippen LogP contribution >= 0.6 is 15.9 Å². The van der Waals surface area contributed by atoms with E-state index in [1.54, 1.807) is 13.0 Å². The van der Waals surface area contributed by atoms with Crippen LogP contribution in [0, 0.1) is 12.7 Å². The number of nitrogens with zero attached hydrogens (tertiary/aromatic N) is 1. The summed E-state index contributed by atoms with van der Waals surface area (Å²) in [6, 6.07) is 2.15. The maximum Gasteiger partial charge on any atom is 0.322 e. The van der Waals surface area contributed by atoms with Gasteiger partial charge in [-0.1, -0.05) is 0 Å². The number of anilines is 1. The first-order chi connectivity index (χ1) is 9.88. The van der Waals surface area contributed by atoms with Crippen molar-refractivity contribution in [2.24, 2.45) is 0 Å². The molecule has 1 aliphatic heterocycles. The second kappa shape index (κ2) is 6.43. The van der Waals surface area contributed by atoms with E-state index in [1.807, 2.05) is 0 Å². The van der Waals surface area contributed by atoms with Crippen LogP contribution in [0.2, 0.25) is 0 Å². The number of carboxylic acid groups (broad SMARTS) is 1. The fourth-order valence-corrected chi connectivity index (χ4v) is 2.94. The summed E-state index contributed by atoms with van der Waals surface area (Å²) in [5.74, 6) is -1.38. The standard InChI is InChI=1S/C14H16BrFN2O3/c1-8-5-10(15)11(16)7-12(8)17-14(21)18-4-2-3-9(18)6-13(19)20/h5,7,9H,2-4,6H2,1H3,(H,17,21)(H,19,20). The van der Waals surface area contributed by atoms with Crippen molar-refractivity contribution in [3.63, 3.8) is 0 Å². The average molecular weight is 359 g/mol. The largest absolute Gasteiger partial charge is 0.481 e. The van der Waals surface area contributed by atoms with Crippen molar-refractivity contribution >= 4 is 33.6 Å². The lowest BCUT2D eigenvalue weighted by Gasteiger charge is -2.24. The first kappa shape index (κ1) is 15.8. The number of carbonyl (C=O) groups is 2. The summed E-state index contributed by atoms with van der Waals surface area (Å²) in [5, 5.41) is 11.5. The van der Waals surface area contributed by atoms with Gasteiger partial charge in [-0.05, 0) is 53.4 Å². The second-order valence-corrected chi connectivity index (χ2v) is 5.95. The molecule has 1 aromatic carbocycles. The maximum atomic E-state index is 13.5. The molecular weight excluding hydrogens is 343 g/mol. The van der Waals surface area contributed by atoms with Crippen LogP contribution in [-0.4, -0.2) is 34.6 Å². The molecule has 2 rings (SSSR count). The van der Waals surface area contributed by atoms with Crippen molar-refractivity contribution in [3.05, 3.63) is 28.0 Å². The summed E-state index contributed by atoms with van der Waals surface area (Å²) < 4.78 is 13.9. The van der Waals surface area contributed by atoms with Crippen molar-refractivity contribution in [3.8, 4) is 0 Å². The SMILES string of the molecule is Cc1cc(Br)c(F)cc1NC(=O)N1CCCC1CC(=O)O. The fourth-order valence-electron chi connectivity index (χ4n) is 2.48. The van der Waals surface area contributed by atoms with E-state index in [0.29, 0.717) is 23.1 Å². The number of nitrogens with one attached hydrogen (secondary N) is 1. The van der Waals surface area contributed by atoms with E-state index < -0.39 is 11.8 Å². The molecule has 0 spiro atoms. The molecule has 0 radical (unpaired) electrons. The summed E-state index contributed by atoms with van der Waals surface area (Å²) in [5.41, 5.74) is 1.12. The molecule has 0 bridgehead atoms. The summed E-state index contributed by atoms with van der Waals surface area (Å²) in [4.78, 5) is 24.6. The Labute approximate surface area is 130 Å². The molecule has 21 heavy (non-hydrogen) atoms. The van der Waals surface area contributed by atoms with Crippen molar-refractivity contribution in [2.45, 2.75) is 32.2 Å². The Morgan fingerprint density at radius 1 is 1.52 bits per heavy atom. The van der Waals surface area contributed by atoms with Crippen LogP contribution in [0.5, 0.6) is 0 Å². The number of urea groups is 1. The highest BCUT2D eigenvalue weighted by Gasteiger charge is 2.30. The van der Waals surface area contributed by atoms with Gasteiger partial charge in [-0.15, -0.1) is 0 Å². The second-order valence-electron chi connectivity index (χ2n) is 5.10. The number of hydrogen-bond acceptors (Lipinski definition) is 2. The molecule has 0 aromatic heterocycles.